The zero-order chi connectivity index (χ0) is 18.6. The zero-order valence-electron chi connectivity index (χ0n) is 14.8. The number of hydrogen-bond donors (Lipinski definition) is 1. The topological polar surface area (TPSA) is 76.6 Å². The summed E-state index contributed by atoms with van der Waals surface area (Å²) in [5.74, 6) is 1.56. The van der Waals surface area contributed by atoms with Crippen molar-refractivity contribution in [2.24, 2.45) is 0 Å². The minimum absolute atomic E-state index is 0.504. The first-order valence-corrected chi connectivity index (χ1v) is 8.99. The summed E-state index contributed by atoms with van der Waals surface area (Å²) in [6, 6.07) is 5.76. The second-order valence-electron chi connectivity index (χ2n) is 6.26. The Kier molecular flexibility index (Phi) is 4.98. The molecule has 0 fully saturated rings. The fourth-order valence-electron chi connectivity index (χ4n) is 2.93. The molecule has 0 aliphatic heterocycles. The van der Waals surface area contributed by atoms with Crippen LogP contribution in [0.2, 0.25) is 5.15 Å². The van der Waals surface area contributed by atoms with Crippen LogP contribution < -0.4 is 4.74 Å². The fourth-order valence-corrected chi connectivity index (χ4v) is 3.04. The van der Waals surface area contributed by atoms with Gasteiger partial charge in [-0.3, -0.25) is 0 Å². The highest BCUT2D eigenvalue weighted by Crippen LogP contribution is 2.23. The van der Waals surface area contributed by atoms with E-state index in [0.717, 1.165) is 58.6 Å². The number of aryl methyl sites for hydroxylation is 2. The van der Waals surface area contributed by atoms with Crippen LogP contribution in [0, 0.1) is 0 Å². The number of pyridine rings is 2. The van der Waals surface area contributed by atoms with Crippen LogP contribution >= 0.6 is 11.6 Å². The lowest BCUT2D eigenvalue weighted by atomic mass is 10.1. The number of fused-ring (bicyclic) bond motifs is 1. The average Bonchev–Trinajstić information content (AvgIpc) is 3.10. The Labute approximate surface area is 161 Å². The lowest BCUT2D eigenvalue weighted by Gasteiger charge is -2.04. The first-order chi connectivity index (χ1) is 13.2. The molecule has 7 heteroatoms. The van der Waals surface area contributed by atoms with Crippen LogP contribution in [0.5, 0.6) is 5.75 Å². The van der Waals surface area contributed by atoms with E-state index in [-0.39, 0.29) is 0 Å². The minimum Gasteiger partial charge on any atom is -0.495 e. The Bertz CT molecular complexity index is 1040. The molecule has 0 spiro atoms. The van der Waals surface area contributed by atoms with Crippen LogP contribution in [0.3, 0.4) is 0 Å². The molecule has 136 valence electrons. The summed E-state index contributed by atoms with van der Waals surface area (Å²) >= 11 is 5.81. The van der Waals surface area contributed by atoms with Gasteiger partial charge >= 0.3 is 0 Å². The average molecular weight is 380 g/mol. The van der Waals surface area contributed by atoms with Gasteiger partial charge in [-0.1, -0.05) is 17.7 Å². The second kappa shape index (κ2) is 7.72. The van der Waals surface area contributed by atoms with Crippen molar-refractivity contribution in [3.63, 3.8) is 0 Å². The van der Waals surface area contributed by atoms with Crippen LogP contribution in [-0.4, -0.2) is 32.0 Å². The SMILES string of the molecule is COc1cnc2[nH]cc(Cc3cnc(CCc4ccc(Cl)nc4)nc3)c2c1. The summed E-state index contributed by atoms with van der Waals surface area (Å²) < 4.78 is 5.27. The van der Waals surface area contributed by atoms with Gasteiger partial charge in [-0.15, -0.1) is 0 Å². The van der Waals surface area contributed by atoms with Crippen LogP contribution in [0.4, 0.5) is 0 Å². The maximum atomic E-state index is 5.81. The van der Waals surface area contributed by atoms with Gasteiger partial charge in [0.2, 0.25) is 0 Å². The molecule has 27 heavy (non-hydrogen) atoms. The molecule has 0 aromatic carbocycles. The summed E-state index contributed by atoms with van der Waals surface area (Å²) in [4.78, 5) is 20.6. The molecule has 0 saturated carbocycles. The van der Waals surface area contributed by atoms with Gasteiger partial charge in [0.05, 0.1) is 13.3 Å². The number of rotatable bonds is 6. The van der Waals surface area contributed by atoms with Gasteiger partial charge in [-0.25, -0.2) is 19.9 Å². The zero-order valence-corrected chi connectivity index (χ0v) is 15.6. The van der Waals surface area contributed by atoms with Crippen molar-refractivity contribution >= 4 is 22.6 Å². The molecule has 0 unspecified atom stereocenters. The van der Waals surface area contributed by atoms with Crippen molar-refractivity contribution in [3.05, 3.63) is 76.9 Å². The molecule has 0 saturated heterocycles. The molecular weight excluding hydrogens is 362 g/mol. The number of H-pyrrole nitrogens is 1. The van der Waals surface area contributed by atoms with Crippen molar-refractivity contribution in [1.82, 2.24) is 24.9 Å². The van der Waals surface area contributed by atoms with Crippen molar-refractivity contribution < 1.29 is 4.74 Å². The molecule has 6 nitrogen and oxygen atoms in total. The molecule has 1 N–H and O–H groups in total. The lowest BCUT2D eigenvalue weighted by molar-refractivity contribution is 0.413. The highest BCUT2D eigenvalue weighted by Gasteiger charge is 2.08. The minimum atomic E-state index is 0.504. The van der Waals surface area contributed by atoms with E-state index in [4.69, 9.17) is 16.3 Å². The Morgan fingerprint density at radius 3 is 2.52 bits per heavy atom. The Hall–Kier alpha value is -2.99. The third-order valence-electron chi connectivity index (χ3n) is 4.41. The molecule has 0 radical (unpaired) electrons. The van der Waals surface area contributed by atoms with E-state index in [1.165, 1.54) is 0 Å². The molecule has 0 bridgehead atoms. The summed E-state index contributed by atoms with van der Waals surface area (Å²) in [5, 5.41) is 1.55. The van der Waals surface area contributed by atoms with Gasteiger partial charge in [-0.2, -0.15) is 0 Å². The van der Waals surface area contributed by atoms with Gasteiger partial charge in [-0.05, 0) is 35.2 Å². The standard InChI is InChI=1S/C20H18ClN5O/c1-27-16-7-17-15(11-25-20(17)26-12-16)6-14-9-23-19(24-10-14)5-3-13-2-4-18(21)22-8-13/h2,4,7-12H,3,5-6H2,1H3,(H,25,26). The number of nitrogens with zero attached hydrogens (tertiary/aromatic N) is 4. The third kappa shape index (κ3) is 4.06. The molecule has 4 heterocycles. The summed E-state index contributed by atoms with van der Waals surface area (Å²) in [7, 11) is 1.64. The van der Waals surface area contributed by atoms with Crippen LogP contribution in [0.15, 0.2) is 49.2 Å². The summed E-state index contributed by atoms with van der Waals surface area (Å²) in [6.45, 7) is 0. The quantitative estimate of drug-likeness (QED) is 0.516. The van der Waals surface area contributed by atoms with Gasteiger partial charge in [0.1, 0.15) is 22.4 Å². The molecule has 4 aromatic heterocycles. The monoisotopic (exact) mass is 379 g/mol. The Morgan fingerprint density at radius 2 is 1.78 bits per heavy atom. The molecular formula is C20H18ClN5O. The van der Waals surface area contributed by atoms with Gasteiger partial charge in [0.15, 0.2) is 0 Å². The van der Waals surface area contributed by atoms with E-state index in [1.54, 1.807) is 25.6 Å². The number of halogens is 1. The third-order valence-corrected chi connectivity index (χ3v) is 4.63. The van der Waals surface area contributed by atoms with Crippen LogP contribution in [-0.2, 0) is 19.3 Å². The van der Waals surface area contributed by atoms with Crippen molar-refractivity contribution in [3.8, 4) is 5.75 Å². The smallest absolute Gasteiger partial charge is 0.137 e. The van der Waals surface area contributed by atoms with E-state index in [9.17, 15) is 0 Å². The van der Waals surface area contributed by atoms with Crippen molar-refractivity contribution in [2.45, 2.75) is 19.3 Å². The first-order valence-electron chi connectivity index (χ1n) is 8.61. The highest BCUT2D eigenvalue weighted by atomic mass is 35.5. The van der Waals surface area contributed by atoms with E-state index >= 15 is 0 Å². The number of ether oxygens (including phenoxy) is 1. The Morgan fingerprint density at radius 1 is 0.963 bits per heavy atom. The van der Waals surface area contributed by atoms with Crippen molar-refractivity contribution in [2.75, 3.05) is 7.11 Å². The molecule has 0 atom stereocenters. The van der Waals surface area contributed by atoms with Crippen LogP contribution in [0.1, 0.15) is 22.5 Å². The highest BCUT2D eigenvalue weighted by molar-refractivity contribution is 6.29. The van der Waals surface area contributed by atoms with Crippen molar-refractivity contribution in [1.29, 1.82) is 0 Å². The van der Waals surface area contributed by atoms with E-state index in [2.05, 4.69) is 24.9 Å². The maximum absolute atomic E-state index is 5.81. The van der Waals surface area contributed by atoms with E-state index in [0.29, 0.717) is 5.15 Å². The predicted molar refractivity (Wildman–Crippen MR) is 104 cm³/mol. The largest absolute Gasteiger partial charge is 0.495 e. The lowest BCUT2D eigenvalue weighted by Crippen LogP contribution is -2.00. The van der Waals surface area contributed by atoms with Gasteiger partial charge < -0.3 is 9.72 Å². The second-order valence-corrected chi connectivity index (χ2v) is 6.65. The number of methoxy groups -OCH3 is 1. The van der Waals surface area contributed by atoms with Gasteiger partial charge in [0.25, 0.3) is 0 Å². The molecule has 4 aromatic rings. The number of nitrogens with one attached hydrogen (secondary N) is 1. The predicted octanol–water partition coefficient (Wildman–Crippen LogP) is 3.79. The fraction of sp³-hybridized carbons (Fsp3) is 0.200. The van der Waals surface area contributed by atoms with E-state index in [1.807, 2.05) is 30.7 Å². The number of aromatic amines is 1. The summed E-state index contributed by atoms with van der Waals surface area (Å²) in [5.41, 5.74) is 4.16. The van der Waals surface area contributed by atoms with Gasteiger partial charge in [0, 0.05) is 43.0 Å². The molecule has 0 aliphatic rings. The van der Waals surface area contributed by atoms with E-state index < -0.39 is 0 Å². The summed E-state index contributed by atoms with van der Waals surface area (Å²) in [6.07, 6.45) is 11.6. The number of hydrogen-bond acceptors (Lipinski definition) is 5. The molecule has 4 rings (SSSR count). The number of aromatic nitrogens is 5. The molecule has 0 amide bonds. The molecule has 0 aliphatic carbocycles. The maximum Gasteiger partial charge on any atom is 0.137 e. The normalized spacial score (nSPS) is 11.0. The first kappa shape index (κ1) is 17.4. The van der Waals surface area contributed by atoms with Crippen LogP contribution in [0.25, 0.3) is 11.0 Å². The Balaban J connectivity index is 1.44.